The monoisotopic (exact) mass is 489 g/mol. The zero-order valence-corrected chi connectivity index (χ0v) is 20.9. The maximum Gasteiger partial charge on any atom is 0.257 e. The summed E-state index contributed by atoms with van der Waals surface area (Å²) >= 11 is 5.27. The van der Waals surface area contributed by atoms with Gasteiger partial charge in [0, 0.05) is 22.5 Å². The Balaban J connectivity index is 1.46. The lowest BCUT2D eigenvalue weighted by Crippen LogP contribution is -2.34. The molecule has 0 fully saturated rings. The summed E-state index contributed by atoms with van der Waals surface area (Å²) in [5.74, 6) is 0.270. The number of rotatable bonds is 10. The van der Waals surface area contributed by atoms with E-state index >= 15 is 0 Å². The number of aryl methyl sites for hydroxylation is 1. The Hall–Kier alpha value is -3.71. The highest BCUT2D eigenvalue weighted by molar-refractivity contribution is 7.80. The maximum atomic E-state index is 12.5. The number of unbranched alkanes of at least 4 members (excludes halogenated alkanes) is 3. The van der Waals surface area contributed by atoms with Crippen LogP contribution in [0.25, 0.3) is 0 Å². The number of benzene rings is 3. The molecule has 2 amide bonds. The summed E-state index contributed by atoms with van der Waals surface area (Å²) in [6.07, 6.45) is 4.59. The van der Waals surface area contributed by atoms with Gasteiger partial charge in [0.2, 0.25) is 0 Å². The van der Waals surface area contributed by atoms with E-state index in [1.165, 1.54) is 12.8 Å². The van der Waals surface area contributed by atoms with Gasteiger partial charge in [0.25, 0.3) is 11.8 Å². The molecule has 0 aliphatic rings. The Bertz CT molecular complexity index is 1140. The van der Waals surface area contributed by atoms with Gasteiger partial charge >= 0.3 is 0 Å². The number of hydrogen-bond acceptors (Lipinski definition) is 4. The predicted molar refractivity (Wildman–Crippen MR) is 145 cm³/mol. The Labute approximate surface area is 212 Å². The number of anilines is 2. The van der Waals surface area contributed by atoms with Crippen LogP contribution in [0.3, 0.4) is 0 Å². The highest BCUT2D eigenvalue weighted by Crippen LogP contribution is 2.17. The molecular formula is C28H31N3O3S. The van der Waals surface area contributed by atoms with Gasteiger partial charge in [0.1, 0.15) is 5.75 Å². The second-order valence-electron chi connectivity index (χ2n) is 8.19. The lowest BCUT2D eigenvalue weighted by Gasteiger charge is -2.12. The molecule has 0 unspecified atom stereocenters. The molecular weight excluding hydrogens is 458 g/mol. The van der Waals surface area contributed by atoms with E-state index < -0.39 is 0 Å². The smallest absolute Gasteiger partial charge is 0.257 e. The quantitative estimate of drug-likeness (QED) is 0.229. The van der Waals surface area contributed by atoms with Gasteiger partial charge in [-0.25, -0.2) is 0 Å². The molecule has 0 radical (unpaired) electrons. The first kappa shape index (κ1) is 25.9. The van der Waals surface area contributed by atoms with Crippen molar-refractivity contribution in [3.63, 3.8) is 0 Å². The van der Waals surface area contributed by atoms with E-state index in [0.717, 1.165) is 24.2 Å². The van der Waals surface area contributed by atoms with Crippen molar-refractivity contribution in [2.45, 2.75) is 39.5 Å². The fourth-order valence-electron chi connectivity index (χ4n) is 3.42. The van der Waals surface area contributed by atoms with E-state index in [2.05, 4.69) is 22.9 Å². The molecule has 3 aromatic rings. The third-order valence-electron chi connectivity index (χ3n) is 5.40. The van der Waals surface area contributed by atoms with E-state index in [4.69, 9.17) is 17.0 Å². The SMILES string of the molecule is CCCCCCOc1ccc(C(=O)NC(=S)Nc2ccc(NC(=O)c3ccccc3C)cc2)cc1. The molecule has 0 saturated heterocycles. The molecule has 35 heavy (non-hydrogen) atoms. The third kappa shape index (κ3) is 8.22. The number of carbonyl (C=O) groups excluding carboxylic acids is 2. The van der Waals surface area contributed by atoms with E-state index in [1.807, 2.05) is 25.1 Å². The summed E-state index contributed by atoms with van der Waals surface area (Å²) in [6, 6.07) is 21.5. The molecule has 0 heterocycles. The summed E-state index contributed by atoms with van der Waals surface area (Å²) in [6.45, 7) is 4.75. The lowest BCUT2D eigenvalue weighted by molar-refractivity contribution is 0.0976. The highest BCUT2D eigenvalue weighted by Gasteiger charge is 2.10. The van der Waals surface area contributed by atoms with Crippen molar-refractivity contribution < 1.29 is 14.3 Å². The summed E-state index contributed by atoms with van der Waals surface area (Å²) in [4.78, 5) is 25.0. The Morgan fingerprint density at radius 1 is 0.800 bits per heavy atom. The van der Waals surface area contributed by atoms with Gasteiger partial charge in [0.15, 0.2) is 5.11 Å². The minimum atomic E-state index is -0.306. The summed E-state index contributed by atoms with van der Waals surface area (Å²) in [5.41, 5.74) is 3.38. The Kier molecular flexibility index (Phi) is 9.80. The topological polar surface area (TPSA) is 79.5 Å². The molecule has 3 aromatic carbocycles. The molecule has 7 heteroatoms. The number of nitrogens with one attached hydrogen (secondary N) is 3. The Morgan fingerprint density at radius 3 is 2.11 bits per heavy atom. The molecule has 0 spiro atoms. The average molecular weight is 490 g/mol. The molecule has 0 bridgehead atoms. The first-order valence-corrected chi connectivity index (χ1v) is 12.2. The van der Waals surface area contributed by atoms with Crippen molar-refractivity contribution >= 4 is 40.5 Å². The van der Waals surface area contributed by atoms with Crippen molar-refractivity contribution in [2.75, 3.05) is 17.2 Å². The van der Waals surface area contributed by atoms with Crippen molar-refractivity contribution in [1.29, 1.82) is 0 Å². The molecule has 0 aromatic heterocycles. The van der Waals surface area contributed by atoms with Gasteiger partial charge in [0.05, 0.1) is 6.61 Å². The zero-order chi connectivity index (χ0) is 25.0. The third-order valence-corrected chi connectivity index (χ3v) is 5.60. The lowest BCUT2D eigenvalue weighted by atomic mass is 10.1. The van der Waals surface area contributed by atoms with Crippen molar-refractivity contribution in [2.24, 2.45) is 0 Å². The van der Waals surface area contributed by atoms with Crippen LogP contribution >= 0.6 is 12.2 Å². The second-order valence-corrected chi connectivity index (χ2v) is 8.60. The number of hydrogen-bond donors (Lipinski definition) is 3. The zero-order valence-electron chi connectivity index (χ0n) is 20.1. The standard InChI is InChI=1S/C28H31N3O3S/c1-3-4-5-8-19-34-24-17-11-21(12-18-24)26(32)31-28(35)30-23-15-13-22(14-16-23)29-27(33)25-10-7-6-9-20(25)2/h6-7,9-18H,3-5,8,19H2,1-2H3,(H,29,33)(H2,30,31,32,35). The van der Waals surface area contributed by atoms with E-state index in [1.54, 1.807) is 54.6 Å². The molecule has 0 aliphatic heterocycles. The van der Waals surface area contributed by atoms with Gasteiger partial charge in [-0.05, 0) is 85.7 Å². The first-order valence-electron chi connectivity index (χ1n) is 11.8. The molecule has 3 rings (SSSR count). The van der Waals surface area contributed by atoms with Gasteiger partial charge in [-0.15, -0.1) is 0 Å². The van der Waals surface area contributed by atoms with Gasteiger partial charge in [-0.1, -0.05) is 44.4 Å². The molecule has 6 nitrogen and oxygen atoms in total. The second kappa shape index (κ2) is 13.2. The summed E-state index contributed by atoms with van der Waals surface area (Å²) in [7, 11) is 0. The number of thiocarbonyl (C=S) groups is 1. The summed E-state index contributed by atoms with van der Waals surface area (Å²) < 4.78 is 5.72. The highest BCUT2D eigenvalue weighted by atomic mass is 32.1. The molecule has 3 N–H and O–H groups in total. The van der Waals surface area contributed by atoms with Crippen LogP contribution in [0.2, 0.25) is 0 Å². The number of ether oxygens (including phenoxy) is 1. The van der Waals surface area contributed by atoms with Crippen LogP contribution in [0.15, 0.2) is 72.8 Å². The largest absolute Gasteiger partial charge is 0.494 e. The van der Waals surface area contributed by atoms with Crippen LogP contribution in [-0.2, 0) is 0 Å². The average Bonchev–Trinajstić information content (AvgIpc) is 2.85. The van der Waals surface area contributed by atoms with Crippen molar-refractivity contribution in [3.8, 4) is 5.75 Å². The van der Waals surface area contributed by atoms with Crippen LogP contribution in [0.1, 0.15) is 58.9 Å². The van der Waals surface area contributed by atoms with Crippen LogP contribution in [0.5, 0.6) is 5.75 Å². The minimum absolute atomic E-state index is 0.167. The normalized spacial score (nSPS) is 10.3. The molecule has 0 saturated carbocycles. The number of carbonyl (C=O) groups is 2. The fourth-order valence-corrected chi connectivity index (χ4v) is 3.63. The van der Waals surface area contributed by atoms with Crippen LogP contribution < -0.4 is 20.7 Å². The van der Waals surface area contributed by atoms with Crippen molar-refractivity contribution in [3.05, 3.63) is 89.5 Å². The molecule has 0 aliphatic carbocycles. The maximum absolute atomic E-state index is 12.5. The molecule has 0 atom stereocenters. The fraction of sp³-hybridized carbons (Fsp3) is 0.250. The number of amides is 2. The van der Waals surface area contributed by atoms with Crippen LogP contribution in [0, 0.1) is 6.92 Å². The van der Waals surface area contributed by atoms with Gasteiger partial charge in [-0.3, -0.25) is 14.9 Å². The first-order chi connectivity index (χ1) is 17.0. The Morgan fingerprint density at radius 2 is 1.46 bits per heavy atom. The van der Waals surface area contributed by atoms with Crippen LogP contribution in [0.4, 0.5) is 11.4 Å². The minimum Gasteiger partial charge on any atom is -0.494 e. The van der Waals surface area contributed by atoms with E-state index in [9.17, 15) is 9.59 Å². The molecule has 182 valence electrons. The van der Waals surface area contributed by atoms with Crippen molar-refractivity contribution in [1.82, 2.24) is 5.32 Å². The predicted octanol–water partition coefficient (Wildman–Crippen LogP) is 6.33. The van der Waals surface area contributed by atoms with Crippen LogP contribution in [-0.4, -0.2) is 23.5 Å². The van der Waals surface area contributed by atoms with E-state index in [0.29, 0.717) is 29.1 Å². The van der Waals surface area contributed by atoms with Gasteiger partial charge in [-0.2, -0.15) is 0 Å². The summed E-state index contributed by atoms with van der Waals surface area (Å²) in [5, 5.41) is 8.72. The van der Waals surface area contributed by atoms with Gasteiger partial charge < -0.3 is 15.4 Å². The van der Waals surface area contributed by atoms with E-state index in [-0.39, 0.29) is 16.9 Å².